The van der Waals surface area contributed by atoms with Gasteiger partial charge in [0.25, 0.3) is 0 Å². The predicted octanol–water partition coefficient (Wildman–Crippen LogP) is 2.36. The Labute approximate surface area is 112 Å². The van der Waals surface area contributed by atoms with Crippen molar-refractivity contribution in [3.63, 3.8) is 0 Å². The molecule has 0 aromatic heterocycles. The Hall–Kier alpha value is -1.49. The molecule has 1 amide bonds. The van der Waals surface area contributed by atoms with Gasteiger partial charge in [-0.3, -0.25) is 4.79 Å². The van der Waals surface area contributed by atoms with Crippen LogP contribution in [0.15, 0.2) is 18.2 Å². The van der Waals surface area contributed by atoms with Crippen LogP contribution in [0.2, 0.25) is 0 Å². The largest absolute Gasteiger partial charge is 0.352 e. The topological polar surface area (TPSA) is 41.1 Å². The van der Waals surface area contributed by atoms with E-state index in [2.05, 4.69) is 10.6 Å². The lowest BCUT2D eigenvalue weighted by Crippen LogP contribution is -2.38. The molecule has 1 aromatic carbocycles. The number of halogens is 2. The zero-order valence-corrected chi connectivity index (χ0v) is 11.5. The highest BCUT2D eigenvalue weighted by molar-refractivity contribution is 5.76. The molecule has 5 heteroatoms. The maximum Gasteiger partial charge on any atom is 0.221 e. The van der Waals surface area contributed by atoms with Gasteiger partial charge in [-0.05, 0) is 38.5 Å². The molecule has 106 valence electrons. The van der Waals surface area contributed by atoms with Crippen molar-refractivity contribution in [1.29, 1.82) is 0 Å². The van der Waals surface area contributed by atoms with E-state index in [0.29, 0.717) is 18.5 Å². The third-order valence-corrected chi connectivity index (χ3v) is 2.48. The quantitative estimate of drug-likeness (QED) is 0.862. The number of nitrogens with one attached hydrogen (secondary N) is 2. The molecule has 0 radical (unpaired) electrons. The second-order valence-electron chi connectivity index (χ2n) is 5.45. The maximum atomic E-state index is 12.9. The van der Waals surface area contributed by atoms with Crippen LogP contribution in [0.4, 0.5) is 8.78 Å². The summed E-state index contributed by atoms with van der Waals surface area (Å²) in [4.78, 5) is 11.5. The lowest BCUT2D eigenvalue weighted by Gasteiger charge is -2.20. The number of rotatable bonds is 5. The van der Waals surface area contributed by atoms with Crippen molar-refractivity contribution in [2.75, 3.05) is 6.54 Å². The van der Waals surface area contributed by atoms with Gasteiger partial charge in [0, 0.05) is 25.0 Å². The Morgan fingerprint density at radius 2 is 1.89 bits per heavy atom. The average Bonchev–Trinajstić information content (AvgIpc) is 2.29. The molecule has 1 aromatic rings. The van der Waals surface area contributed by atoms with Gasteiger partial charge in [0.1, 0.15) is 0 Å². The molecular formula is C14H20F2N2O. The minimum absolute atomic E-state index is 0.0274. The van der Waals surface area contributed by atoms with E-state index in [1.165, 1.54) is 6.07 Å². The summed E-state index contributed by atoms with van der Waals surface area (Å²) in [5.74, 6) is -1.91. The van der Waals surface area contributed by atoms with Crippen LogP contribution in [0.3, 0.4) is 0 Å². The van der Waals surface area contributed by atoms with Crippen LogP contribution in [0, 0.1) is 11.6 Å². The molecule has 0 bridgehead atoms. The van der Waals surface area contributed by atoms with E-state index < -0.39 is 11.6 Å². The van der Waals surface area contributed by atoms with Crippen LogP contribution in [0.1, 0.15) is 32.8 Å². The lowest BCUT2D eigenvalue weighted by atomic mass is 10.1. The fourth-order valence-corrected chi connectivity index (χ4v) is 1.49. The summed E-state index contributed by atoms with van der Waals surface area (Å²) in [6.07, 6.45) is 0.348. The van der Waals surface area contributed by atoms with Crippen molar-refractivity contribution in [2.24, 2.45) is 0 Å². The van der Waals surface area contributed by atoms with Crippen molar-refractivity contribution in [2.45, 2.75) is 39.3 Å². The predicted molar refractivity (Wildman–Crippen MR) is 70.6 cm³/mol. The van der Waals surface area contributed by atoms with Gasteiger partial charge < -0.3 is 10.6 Å². The minimum atomic E-state index is -0.902. The molecule has 1 rings (SSSR count). The van der Waals surface area contributed by atoms with Crippen molar-refractivity contribution >= 4 is 5.91 Å². The highest BCUT2D eigenvalue weighted by Crippen LogP contribution is 2.08. The Balaban J connectivity index is 2.32. The van der Waals surface area contributed by atoms with Crippen LogP contribution in [-0.4, -0.2) is 18.0 Å². The highest BCUT2D eigenvalue weighted by Gasteiger charge is 2.09. The van der Waals surface area contributed by atoms with Crippen molar-refractivity contribution in [3.8, 4) is 0 Å². The first-order valence-electron chi connectivity index (χ1n) is 6.23. The first kappa shape index (κ1) is 15.6. The second kappa shape index (κ2) is 6.61. The Morgan fingerprint density at radius 1 is 1.21 bits per heavy atom. The lowest BCUT2D eigenvalue weighted by molar-refractivity contribution is -0.121. The number of carbonyl (C=O) groups is 1. The summed E-state index contributed by atoms with van der Waals surface area (Å²) in [6, 6.07) is 3.59. The maximum absolute atomic E-state index is 12.9. The number of carbonyl (C=O) groups excluding carboxylic acids is 1. The molecule has 0 aliphatic heterocycles. The fourth-order valence-electron chi connectivity index (χ4n) is 1.49. The molecule has 19 heavy (non-hydrogen) atoms. The monoisotopic (exact) mass is 270 g/mol. The molecule has 0 atom stereocenters. The summed E-state index contributed by atoms with van der Waals surface area (Å²) < 4.78 is 25.6. The first-order valence-corrected chi connectivity index (χ1v) is 6.23. The van der Waals surface area contributed by atoms with E-state index in [4.69, 9.17) is 0 Å². The van der Waals surface area contributed by atoms with Crippen molar-refractivity contribution in [1.82, 2.24) is 10.6 Å². The number of hydrogen-bond acceptors (Lipinski definition) is 2. The molecule has 0 saturated heterocycles. The normalized spacial score (nSPS) is 11.4. The zero-order chi connectivity index (χ0) is 14.5. The summed E-state index contributed by atoms with van der Waals surface area (Å²) >= 11 is 0. The SMILES string of the molecule is CC(C)(C)NCCC(=O)NCc1ccc(F)c(F)c1. The van der Waals surface area contributed by atoms with Gasteiger partial charge >= 0.3 is 0 Å². The molecule has 0 aliphatic rings. The molecule has 0 heterocycles. The molecule has 0 fully saturated rings. The molecule has 0 unspecified atom stereocenters. The third-order valence-electron chi connectivity index (χ3n) is 2.48. The number of hydrogen-bond donors (Lipinski definition) is 2. The second-order valence-corrected chi connectivity index (χ2v) is 5.45. The number of amides is 1. The van der Waals surface area contributed by atoms with Crippen LogP contribution in [0.5, 0.6) is 0 Å². The summed E-state index contributed by atoms with van der Waals surface area (Å²) in [5, 5.41) is 5.86. The Morgan fingerprint density at radius 3 is 2.47 bits per heavy atom. The summed E-state index contributed by atoms with van der Waals surface area (Å²) in [5.41, 5.74) is 0.511. The van der Waals surface area contributed by atoms with E-state index in [9.17, 15) is 13.6 Å². The van der Waals surface area contributed by atoms with Gasteiger partial charge in [0.05, 0.1) is 0 Å². The van der Waals surface area contributed by atoms with E-state index in [1.54, 1.807) is 0 Å². The van der Waals surface area contributed by atoms with Gasteiger partial charge in [-0.2, -0.15) is 0 Å². The van der Waals surface area contributed by atoms with Gasteiger partial charge in [0.2, 0.25) is 5.91 Å². The van der Waals surface area contributed by atoms with Crippen LogP contribution < -0.4 is 10.6 Å². The third kappa shape index (κ3) is 6.29. The van der Waals surface area contributed by atoms with Crippen LogP contribution in [-0.2, 0) is 11.3 Å². The molecule has 0 saturated carbocycles. The Kier molecular flexibility index (Phi) is 5.42. The molecule has 0 spiro atoms. The smallest absolute Gasteiger partial charge is 0.221 e. The van der Waals surface area contributed by atoms with E-state index >= 15 is 0 Å². The molecule has 0 aliphatic carbocycles. The van der Waals surface area contributed by atoms with E-state index in [0.717, 1.165) is 12.1 Å². The van der Waals surface area contributed by atoms with Crippen LogP contribution >= 0.6 is 0 Å². The van der Waals surface area contributed by atoms with Crippen LogP contribution in [0.25, 0.3) is 0 Å². The summed E-state index contributed by atoms with van der Waals surface area (Å²) in [6.45, 7) is 6.84. The zero-order valence-electron chi connectivity index (χ0n) is 11.5. The average molecular weight is 270 g/mol. The highest BCUT2D eigenvalue weighted by atomic mass is 19.2. The standard InChI is InChI=1S/C14H20F2N2O/c1-14(2,3)18-7-6-13(19)17-9-10-4-5-11(15)12(16)8-10/h4-5,8,18H,6-7,9H2,1-3H3,(H,17,19). The van der Waals surface area contributed by atoms with Gasteiger partial charge in [0.15, 0.2) is 11.6 Å². The Bertz CT molecular complexity index is 442. The van der Waals surface area contributed by atoms with Gasteiger partial charge in [-0.1, -0.05) is 6.07 Å². The summed E-state index contributed by atoms with van der Waals surface area (Å²) in [7, 11) is 0. The van der Waals surface area contributed by atoms with E-state index in [-0.39, 0.29) is 18.0 Å². The first-order chi connectivity index (χ1) is 8.78. The van der Waals surface area contributed by atoms with Gasteiger partial charge in [-0.15, -0.1) is 0 Å². The van der Waals surface area contributed by atoms with Crippen molar-refractivity contribution in [3.05, 3.63) is 35.4 Å². The molecule has 2 N–H and O–H groups in total. The number of benzene rings is 1. The fraction of sp³-hybridized carbons (Fsp3) is 0.500. The minimum Gasteiger partial charge on any atom is -0.352 e. The van der Waals surface area contributed by atoms with E-state index in [1.807, 2.05) is 20.8 Å². The van der Waals surface area contributed by atoms with Gasteiger partial charge in [-0.25, -0.2) is 8.78 Å². The molecular weight excluding hydrogens is 250 g/mol. The molecule has 3 nitrogen and oxygen atoms in total. The van der Waals surface area contributed by atoms with Crippen molar-refractivity contribution < 1.29 is 13.6 Å².